The molecule has 0 spiro atoms. The van der Waals surface area contributed by atoms with Gasteiger partial charge in [-0.1, -0.05) is 24.3 Å². The zero-order valence-electron chi connectivity index (χ0n) is 10.3. The Labute approximate surface area is 108 Å². The molecule has 2 heterocycles. The molecule has 0 bridgehead atoms. The molecule has 0 amide bonds. The SMILES string of the molecule is Cc1ccccc1-c1cc(=O)oc2[nH]c(=O)ccc12. The summed E-state index contributed by atoms with van der Waals surface area (Å²) in [5.74, 6) is 0. The molecule has 1 aromatic carbocycles. The summed E-state index contributed by atoms with van der Waals surface area (Å²) in [6.45, 7) is 1.97. The summed E-state index contributed by atoms with van der Waals surface area (Å²) in [4.78, 5) is 25.4. The van der Waals surface area contributed by atoms with E-state index in [0.29, 0.717) is 5.39 Å². The second-order valence-corrected chi connectivity index (χ2v) is 4.36. The van der Waals surface area contributed by atoms with Crippen molar-refractivity contribution in [1.82, 2.24) is 4.98 Å². The number of rotatable bonds is 1. The van der Waals surface area contributed by atoms with E-state index >= 15 is 0 Å². The number of H-pyrrole nitrogens is 1. The Hall–Kier alpha value is -2.62. The summed E-state index contributed by atoms with van der Waals surface area (Å²) in [7, 11) is 0. The largest absolute Gasteiger partial charge is 0.406 e. The van der Waals surface area contributed by atoms with E-state index in [1.165, 1.54) is 12.1 Å². The highest BCUT2D eigenvalue weighted by molar-refractivity contribution is 5.92. The van der Waals surface area contributed by atoms with Gasteiger partial charge in [0.15, 0.2) is 0 Å². The van der Waals surface area contributed by atoms with Gasteiger partial charge in [-0.3, -0.25) is 9.78 Å². The Morgan fingerprint density at radius 3 is 2.58 bits per heavy atom. The molecule has 1 N–H and O–H groups in total. The second-order valence-electron chi connectivity index (χ2n) is 4.36. The molecule has 0 unspecified atom stereocenters. The van der Waals surface area contributed by atoms with Gasteiger partial charge in [0.05, 0.1) is 0 Å². The van der Waals surface area contributed by atoms with E-state index in [1.807, 2.05) is 31.2 Å². The van der Waals surface area contributed by atoms with Crippen molar-refractivity contribution in [2.24, 2.45) is 0 Å². The zero-order chi connectivity index (χ0) is 13.4. The van der Waals surface area contributed by atoms with Gasteiger partial charge in [-0.25, -0.2) is 4.79 Å². The van der Waals surface area contributed by atoms with Crippen molar-refractivity contribution < 1.29 is 4.42 Å². The molecule has 0 aliphatic rings. The van der Waals surface area contributed by atoms with Gasteiger partial charge in [-0.15, -0.1) is 0 Å². The monoisotopic (exact) mass is 253 g/mol. The number of hydrogen-bond donors (Lipinski definition) is 1. The van der Waals surface area contributed by atoms with E-state index in [4.69, 9.17) is 4.42 Å². The molecule has 0 aliphatic carbocycles. The van der Waals surface area contributed by atoms with Crippen molar-refractivity contribution in [3.63, 3.8) is 0 Å². The van der Waals surface area contributed by atoms with Gasteiger partial charge in [-0.2, -0.15) is 0 Å². The second kappa shape index (κ2) is 4.24. The number of pyridine rings is 1. The number of aromatic amines is 1. The lowest BCUT2D eigenvalue weighted by Crippen LogP contribution is -2.06. The summed E-state index contributed by atoms with van der Waals surface area (Å²) < 4.78 is 5.03. The van der Waals surface area contributed by atoms with E-state index in [2.05, 4.69) is 4.98 Å². The van der Waals surface area contributed by atoms with E-state index in [0.717, 1.165) is 16.7 Å². The molecular weight excluding hydrogens is 242 g/mol. The molecule has 0 atom stereocenters. The molecule has 94 valence electrons. The third kappa shape index (κ3) is 1.97. The first kappa shape index (κ1) is 11.5. The Kier molecular flexibility index (Phi) is 2.56. The van der Waals surface area contributed by atoms with Gasteiger partial charge in [0.25, 0.3) is 5.56 Å². The smallest absolute Gasteiger partial charge is 0.338 e. The standard InChI is InChI=1S/C15H11NO3/c1-9-4-2-3-5-10(9)12-8-14(18)19-15-11(12)6-7-13(17)16-15/h2-8H,1H3,(H,16,17). The van der Waals surface area contributed by atoms with Crippen LogP contribution in [0.4, 0.5) is 0 Å². The fraction of sp³-hybridized carbons (Fsp3) is 0.0667. The van der Waals surface area contributed by atoms with E-state index < -0.39 is 5.63 Å². The maximum absolute atomic E-state index is 11.6. The average Bonchev–Trinajstić information content (AvgIpc) is 2.38. The van der Waals surface area contributed by atoms with Crippen LogP contribution in [0.25, 0.3) is 22.2 Å². The molecule has 0 fully saturated rings. The third-order valence-electron chi connectivity index (χ3n) is 3.07. The van der Waals surface area contributed by atoms with Gasteiger partial charge < -0.3 is 4.42 Å². The molecule has 3 aromatic rings. The molecule has 4 heteroatoms. The lowest BCUT2D eigenvalue weighted by molar-refractivity contribution is 0.549. The van der Waals surface area contributed by atoms with Crippen molar-refractivity contribution in [1.29, 1.82) is 0 Å². The quantitative estimate of drug-likeness (QED) is 0.724. The number of fused-ring (bicyclic) bond motifs is 1. The lowest BCUT2D eigenvalue weighted by Gasteiger charge is -2.07. The van der Waals surface area contributed by atoms with Gasteiger partial charge in [0, 0.05) is 23.1 Å². The number of nitrogens with one attached hydrogen (secondary N) is 1. The van der Waals surface area contributed by atoms with Crippen molar-refractivity contribution in [2.75, 3.05) is 0 Å². The molecule has 0 saturated carbocycles. The summed E-state index contributed by atoms with van der Waals surface area (Å²) in [6, 6.07) is 12.3. The van der Waals surface area contributed by atoms with E-state index in [9.17, 15) is 9.59 Å². The van der Waals surface area contributed by atoms with Gasteiger partial charge in [0.1, 0.15) is 0 Å². The van der Waals surface area contributed by atoms with Crippen LogP contribution in [0.1, 0.15) is 5.56 Å². The topological polar surface area (TPSA) is 63.1 Å². The van der Waals surface area contributed by atoms with Crippen LogP contribution in [0.2, 0.25) is 0 Å². The van der Waals surface area contributed by atoms with E-state index in [1.54, 1.807) is 6.07 Å². The van der Waals surface area contributed by atoms with Crippen molar-refractivity contribution >= 4 is 11.1 Å². The van der Waals surface area contributed by atoms with Gasteiger partial charge in [-0.05, 0) is 24.1 Å². The fourth-order valence-electron chi connectivity index (χ4n) is 2.17. The molecule has 2 aromatic heterocycles. The molecule has 4 nitrogen and oxygen atoms in total. The lowest BCUT2D eigenvalue weighted by atomic mass is 9.99. The summed E-state index contributed by atoms with van der Waals surface area (Å²) in [6.07, 6.45) is 0. The average molecular weight is 253 g/mol. The van der Waals surface area contributed by atoms with Crippen LogP contribution in [-0.4, -0.2) is 4.98 Å². The van der Waals surface area contributed by atoms with Crippen LogP contribution in [0.3, 0.4) is 0 Å². The molecule has 0 saturated heterocycles. The van der Waals surface area contributed by atoms with E-state index in [-0.39, 0.29) is 11.3 Å². The normalized spacial score (nSPS) is 10.8. The maximum atomic E-state index is 11.6. The van der Waals surface area contributed by atoms with Crippen LogP contribution in [-0.2, 0) is 0 Å². The number of hydrogen-bond acceptors (Lipinski definition) is 3. The van der Waals surface area contributed by atoms with Crippen LogP contribution in [0, 0.1) is 6.92 Å². The van der Waals surface area contributed by atoms with Gasteiger partial charge >= 0.3 is 5.63 Å². The fourth-order valence-corrected chi connectivity index (χ4v) is 2.17. The highest BCUT2D eigenvalue weighted by Gasteiger charge is 2.09. The predicted molar refractivity (Wildman–Crippen MR) is 73.3 cm³/mol. The molecule has 3 rings (SSSR count). The van der Waals surface area contributed by atoms with Crippen molar-refractivity contribution in [3.8, 4) is 11.1 Å². The van der Waals surface area contributed by atoms with Crippen LogP contribution >= 0.6 is 0 Å². The Morgan fingerprint density at radius 2 is 1.79 bits per heavy atom. The first-order valence-corrected chi connectivity index (χ1v) is 5.88. The predicted octanol–water partition coefficient (Wildman–Crippen LogP) is 2.46. The Balaban J connectivity index is 2.45. The zero-order valence-corrected chi connectivity index (χ0v) is 10.3. The van der Waals surface area contributed by atoms with Crippen molar-refractivity contribution in [2.45, 2.75) is 6.92 Å². The van der Waals surface area contributed by atoms with Gasteiger partial charge in [0.2, 0.25) is 5.71 Å². The molecule has 19 heavy (non-hydrogen) atoms. The first-order chi connectivity index (χ1) is 9.15. The highest BCUT2D eigenvalue weighted by atomic mass is 16.4. The molecular formula is C15H11NO3. The Bertz CT molecular complexity index is 869. The minimum absolute atomic E-state index is 0.207. The molecule has 0 aliphatic heterocycles. The number of benzene rings is 1. The Morgan fingerprint density at radius 1 is 1.00 bits per heavy atom. The maximum Gasteiger partial charge on any atom is 0.338 e. The van der Waals surface area contributed by atoms with Crippen LogP contribution in [0.5, 0.6) is 0 Å². The third-order valence-corrected chi connectivity index (χ3v) is 3.07. The summed E-state index contributed by atoms with van der Waals surface area (Å²) in [5.41, 5.74) is 2.21. The first-order valence-electron chi connectivity index (χ1n) is 5.88. The minimum Gasteiger partial charge on any atom is -0.406 e. The summed E-state index contributed by atoms with van der Waals surface area (Å²) >= 11 is 0. The highest BCUT2D eigenvalue weighted by Crippen LogP contribution is 2.27. The van der Waals surface area contributed by atoms with Crippen molar-refractivity contribution in [3.05, 3.63) is 68.8 Å². The minimum atomic E-state index is -0.479. The number of aromatic nitrogens is 1. The summed E-state index contributed by atoms with van der Waals surface area (Å²) in [5, 5.41) is 0.716. The van der Waals surface area contributed by atoms with Crippen LogP contribution in [0.15, 0.2) is 56.5 Å². The number of aryl methyl sites for hydroxylation is 1. The molecule has 0 radical (unpaired) electrons. The van der Waals surface area contributed by atoms with Crippen LogP contribution < -0.4 is 11.2 Å².